The Morgan fingerprint density at radius 1 is 1.54 bits per heavy atom. The van der Waals surface area contributed by atoms with Crippen LogP contribution < -0.4 is 15.4 Å². The molecule has 3 atom stereocenters. The summed E-state index contributed by atoms with van der Waals surface area (Å²) in [6.07, 6.45) is 0.0909. The van der Waals surface area contributed by atoms with Gasteiger partial charge in [0, 0.05) is 36.1 Å². The van der Waals surface area contributed by atoms with E-state index in [9.17, 15) is 13.7 Å². The largest absolute Gasteiger partial charge is 0.598 e. The van der Waals surface area contributed by atoms with Gasteiger partial charge >= 0.3 is 6.09 Å². The Labute approximate surface area is 157 Å². The Kier molecular flexibility index (Phi) is 6.76. The molecular weight excluding hydrogens is 357 g/mol. The molecule has 1 aromatic carbocycles. The zero-order valence-electron chi connectivity index (χ0n) is 15.8. The smallest absolute Gasteiger partial charge is 0.404 e. The SMILES string of the molecule is CC(N[S@+]([O-])C(C)(C)C)c1cc(F)ccc1N1CC[C@H](COC(N)=O)C1. The van der Waals surface area contributed by atoms with Gasteiger partial charge in [0.05, 0.1) is 12.6 Å². The van der Waals surface area contributed by atoms with Crippen LogP contribution in [0, 0.1) is 11.7 Å². The highest BCUT2D eigenvalue weighted by atomic mass is 32.2. The van der Waals surface area contributed by atoms with Crippen molar-refractivity contribution in [2.75, 3.05) is 24.6 Å². The van der Waals surface area contributed by atoms with Crippen LogP contribution in [0.1, 0.15) is 45.7 Å². The topological polar surface area (TPSA) is 90.7 Å². The molecule has 0 aromatic heterocycles. The van der Waals surface area contributed by atoms with Crippen molar-refractivity contribution in [3.63, 3.8) is 0 Å². The maximum absolute atomic E-state index is 13.9. The van der Waals surface area contributed by atoms with Gasteiger partial charge in [-0.25, -0.2) is 9.18 Å². The number of carbonyl (C=O) groups excluding carboxylic acids is 1. The van der Waals surface area contributed by atoms with E-state index in [1.807, 2.05) is 27.7 Å². The van der Waals surface area contributed by atoms with E-state index in [-0.39, 0.29) is 24.4 Å². The predicted molar refractivity (Wildman–Crippen MR) is 102 cm³/mol. The van der Waals surface area contributed by atoms with E-state index in [1.165, 1.54) is 12.1 Å². The molecule has 0 aliphatic carbocycles. The van der Waals surface area contributed by atoms with E-state index >= 15 is 0 Å². The van der Waals surface area contributed by atoms with Crippen LogP contribution in [0.3, 0.4) is 0 Å². The van der Waals surface area contributed by atoms with Gasteiger partial charge in [-0.1, -0.05) is 0 Å². The number of nitrogens with one attached hydrogen (secondary N) is 1. The number of ether oxygens (including phenoxy) is 1. The van der Waals surface area contributed by atoms with Gasteiger partial charge in [0.1, 0.15) is 10.6 Å². The fourth-order valence-electron chi connectivity index (χ4n) is 2.95. The van der Waals surface area contributed by atoms with Gasteiger partial charge in [-0.15, -0.1) is 4.72 Å². The molecule has 1 aromatic rings. The van der Waals surface area contributed by atoms with Crippen molar-refractivity contribution in [2.45, 2.75) is 44.9 Å². The Balaban J connectivity index is 2.14. The lowest BCUT2D eigenvalue weighted by molar-refractivity contribution is 0.140. The van der Waals surface area contributed by atoms with Crippen molar-refractivity contribution >= 4 is 23.1 Å². The molecule has 2 rings (SSSR count). The number of nitrogens with two attached hydrogens (primary N) is 1. The molecule has 1 heterocycles. The maximum Gasteiger partial charge on any atom is 0.404 e. The average Bonchev–Trinajstić information content (AvgIpc) is 3.00. The molecule has 1 fully saturated rings. The minimum atomic E-state index is -1.26. The zero-order valence-corrected chi connectivity index (χ0v) is 16.6. The summed E-state index contributed by atoms with van der Waals surface area (Å²) in [5, 5.41) is 0. The summed E-state index contributed by atoms with van der Waals surface area (Å²) in [6.45, 7) is 9.30. The van der Waals surface area contributed by atoms with Crippen LogP contribution in [-0.2, 0) is 16.1 Å². The third-order valence-corrected chi connectivity index (χ3v) is 6.06. The minimum absolute atomic E-state index is 0.187. The van der Waals surface area contributed by atoms with Crippen LogP contribution in [0.4, 0.5) is 14.9 Å². The Hall–Kier alpha value is -1.51. The number of nitrogens with zero attached hydrogens (tertiary/aromatic N) is 1. The fraction of sp³-hybridized carbons (Fsp3) is 0.611. The summed E-state index contributed by atoms with van der Waals surface area (Å²) in [5.74, 6) is -0.140. The number of hydrogen-bond acceptors (Lipinski definition) is 5. The standard InChI is InChI=1S/C18H28FN3O3S/c1-12(21-26(24)18(2,3)4)15-9-14(19)5-6-16(15)22-8-7-13(10-22)11-25-17(20)23/h5-6,9,12-13,21H,7-8,10-11H2,1-4H3,(H2,20,23)/t12?,13-,26+/m0/s1. The molecule has 1 amide bonds. The number of anilines is 1. The second kappa shape index (κ2) is 8.45. The van der Waals surface area contributed by atoms with Gasteiger partial charge < -0.3 is 19.9 Å². The number of halogens is 1. The van der Waals surface area contributed by atoms with Gasteiger partial charge in [-0.2, -0.15) is 0 Å². The minimum Gasteiger partial charge on any atom is -0.598 e. The van der Waals surface area contributed by atoms with E-state index in [0.29, 0.717) is 6.54 Å². The van der Waals surface area contributed by atoms with Crippen LogP contribution in [0.2, 0.25) is 0 Å². The van der Waals surface area contributed by atoms with Crippen LogP contribution in [0.5, 0.6) is 0 Å². The number of benzene rings is 1. The quantitative estimate of drug-likeness (QED) is 0.735. The summed E-state index contributed by atoms with van der Waals surface area (Å²) in [4.78, 5) is 12.9. The van der Waals surface area contributed by atoms with Gasteiger partial charge in [0.15, 0.2) is 0 Å². The molecule has 1 aliphatic heterocycles. The van der Waals surface area contributed by atoms with Crippen molar-refractivity contribution in [3.8, 4) is 0 Å². The van der Waals surface area contributed by atoms with Crippen molar-refractivity contribution in [2.24, 2.45) is 11.7 Å². The molecule has 26 heavy (non-hydrogen) atoms. The lowest BCUT2D eigenvalue weighted by Crippen LogP contribution is -2.41. The van der Waals surface area contributed by atoms with Crippen LogP contribution in [0.15, 0.2) is 18.2 Å². The van der Waals surface area contributed by atoms with Crippen molar-refractivity contribution in [1.29, 1.82) is 0 Å². The molecular formula is C18H28FN3O3S. The molecule has 0 spiro atoms. The van der Waals surface area contributed by atoms with Gasteiger partial charge in [0.2, 0.25) is 0 Å². The first-order valence-electron chi connectivity index (χ1n) is 8.72. The van der Waals surface area contributed by atoms with Crippen molar-refractivity contribution in [1.82, 2.24) is 4.72 Å². The number of amides is 1. The predicted octanol–water partition coefficient (Wildman–Crippen LogP) is 2.86. The maximum atomic E-state index is 13.9. The highest BCUT2D eigenvalue weighted by molar-refractivity contribution is 7.90. The van der Waals surface area contributed by atoms with Gasteiger partial charge in [0.25, 0.3) is 0 Å². The van der Waals surface area contributed by atoms with E-state index in [0.717, 1.165) is 24.2 Å². The van der Waals surface area contributed by atoms with Gasteiger partial charge in [-0.05, 0) is 57.9 Å². The molecule has 1 saturated heterocycles. The van der Waals surface area contributed by atoms with Gasteiger partial charge in [-0.3, -0.25) is 0 Å². The lowest BCUT2D eigenvalue weighted by atomic mass is 10.1. The van der Waals surface area contributed by atoms with Crippen molar-refractivity contribution in [3.05, 3.63) is 29.6 Å². The Morgan fingerprint density at radius 2 is 2.23 bits per heavy atom. The first-order valence-corrected chi connectivity index (χ1v) is 9.87. The van der Waals surface area contributed by atoms with E-state index in [1.54, 1.807) is 6.07 Å². The summed E-state index contributed by atoms with van der Waals surface area (Å²) < 4.78 is 33.8. The molecule has 0 radical (unpaired) electrons. The first kappa shape index (κ1) is 20.8. The fourth-order valence-corrected chi connectivity index (χ4v) is 3.75. The second-order valence-corrected chi connectivity index (χ2v) is 9.65. The Bertz CT molecular complexity index is 639. The number of hydrogen-bond donors (Lipinski definition) is 2. The summed E-state index contributed by atoms with van der Waals surface area (Å²) in [6, 6.07) is 4.39. The summed E-state index contributed by atoms with van der Waals surface area (Å²) >= 11 is -1.26. The number of rotatable bonds is 6. The first-order chi connectivity index (χ1) is 12.1. The lowest BCUT2D eigenvalue weighted by Gasteiger charge is -2.29. The summed E-state index contributed by atoms with van der Waals surface area (Å²) in [5.41, 5.74) is 6.69. The molecule has 1 aliphatic rings. The molecule has 8 heteroatoms. The van der Waals surface area contributed by atoms with E-state index in [4.69, 9.17) is 10.5 Å². The zero-order chi connectivity index (χ0) is 19.5. The molecule has 6 nitrogen and oxygen atoms in total. The monoisotopic (exact) mass is 385 g/mol. The number of primary amides is 1. The molecule has 146 valence electrons. The second-order valence-electron chi connectivity index (χ2n) is 7.65. The average molecular weight is 386 g/mol. The molecule has 1 unspecified atom stereocenters. The Morgan fingerprint density at radius 3 is 2.85 bits per heavy atom. The van der Waals surface area contributed by atoms with Crippen LogP contribution in [-0.4, -0.2) is 35.1 Å². The highest BCUT2D eigenvalue weighted by Crippen LogP contribution is 2.32. The summed E-state index contributed by atoms with van der Waals surface area (Å²) in [7, 11) is 0. The normalized spacial score (nSPS) is 20.1. The molecule has 0 saturated carbocycles. The number of carbonyl (C=O) groups is 1. The third-order valence-electron chi connectivity index (χ3n) is 4.38. The highest BCUT2D eigenvalue weighted by Gasteiger charge is 2.31. The van der Waals surface area contributed by atoms with E-state index < -0.39 is 22.2 Å². The van der Waals surface area contributed by atoms with Crippen molar-refractivity contribution < 1.29 is 18.5 Å². The van der Waals surface area contributed by atoms with Crippen LogP contribution >= 0.6 is 0 Å². The molecule has 3 N–H and O–H groups in total. The molecule has 0 bridgehead atoms. The van der Waals surface area contributed by atoms with Crippen LogP contribution in [0.25, 0.3) is 0 Å². The van der Waals surface area contributed by atoms with E-state index in [2.05, 4.69) is 9.62 Å². The third kappa shape index (κ3) is 5.49.